The molecule has 4 heteroatoms. The molecule has 0 spiro atoms. The van der Waals surface area contributed by atoms with Gasteiger partial charge in [-0.05, 0) is 105 Å². The van der Waals surface area contributed by atoms with Crippen LogP contribution in [-0.4, -0.2) is 9.55 Å². The molecule has 9 rings (SSSR count). The van der Waals surface area contributed by atoms with Gasteiger partial charge >= 0.3 is 0 Å². The molecule has 2 aromatic heterocycles. The van der Waals surface area contributed by atoms with Gasteiger partial charge in [-0.25, -0.2) is 0 Å². The van der Waals surface area contributed by atoms with E-state index in [2.05, 4.69) is 133 Å². The lowest BCUT2D eigenvalue weighted by Gasteiger charge is -2.29. The fraction of sp³-hybridized carbons (Fsp3) is 0.0732. The number of rotatable bonds is 4. The van der Waals surface area contributed by atoms with Crippen LogP contribution in [0, 0.1) is 11.3 Å². The number of aromatic nitrogens is 2. The molecule has 0 fully saturated rings. The van der Waals surface area contributed by atoms with Crippen molar-refractivity contribution in [2.24, 2.45) is 0 Å². The number of benzene rings is 6. The normalized spacial score (nSPS) is 13.3. The van der Waals surface area contributed by atoms with Gasteiger partial charge in [-0.15, -0.1) is 0 Å². The topological polar surface area (TPSA) is 44.9 Å². The van der Waals surface area contributed by atoms with Gasteiger partial charge in [0.2, 0.25) is 0 Å². The zero-order chi connectivity index (χ0) is 30.3. The summed E-state index contributed by atoms with van der Waals surface area (Å²) in [5.41, 5.74) is 10.5. The van der Waals surface area contributed by atoms with Crippen molar-refractivity contribution in [3.8, 4) is 11.8 Å². The van der Waals surface area contributed by atoms with Crippen LogP contribution in [0.25, 0.3) is 49.2 Å². The van der Waals surface area contributed by atoms with Crippen molar-refractivity contribution >= 4 is 60.5 Å². The third kappa shape index (κ3) is 3.62. The molecule has 212 valence electrons. The summed E-state index contributed by atoms with van der Waals surface area (Å²) in [5, 5.41) is 16.2. The molecular weight excluding hydrogens is 548 g/mol. The quantitative estimate of drug-likeness (QED) is 0.196. The van der Waals surface area contributed by atoms with Gasteiger partial charge in [0.25, 0.3) is 0 Å². The number of pyridine rings is 1. The molecule has 0 radical (unpaired) electrons. The fourth-order valence-electron chi connectivity index (χ4n) is 7.49. The Bertz CT molecular complexity index is 2480. The minimum atomic E-state index is -0.133. The highest BCUT2D eigenvalue weighted by Crippen LogP contribution is 2.51. The first-order valence-corrected chi connectivity index (χ1v) is 15.3. The molecule has 8 aromatic rings. The maximum absolute atomic E-state index is 9.80. The smallest absolute Gasteiger partial charge is 0.0992 e. The van der Waals surface area contributed by atoms with Crippen LogP contribution in [0.4, 0.5) is 17.1 Å². The molecule has 0 saturated carbocycles. The van der Waals surface area contributed by atoms with E-state index in [0.717, 1.165) is 44.7 Å². The van der Waals surface area contributed by atoms with Crippen molar-refractivity contribution in [2.45, 2.75) is 19.3 Å². The second-order valence-corrected chi connectivity index (χ2v) is 12.4. The molecule has 0 aliphatic heterocycles. The highest BCUT2D eigenvalue weighted by molar-refractivity contribution is 6.16. The van der Waals surface area contributed by atoms with Crippen molar-refractivity contribution in [1.29, 1.82) is 5.26 Å². The van der Waals surface area contributed by atoms with Gasteiger partial charge in [0, 0.05) is 39.7 Å². The molecule has 0 N–H and O–H groups in total. The summed E-state index contributed by atoms with van der Waals surface area (Å²) in [5.74, 6) is 0. The number of hydrogen-bond donors (Lipinski definition) is 0. The van der Waals surface area contributed by atoms with Crippen molar-refractivity contribution in [3.05, 3.63) is 150 Å². The number of nitrogens with zero attached hydrogens (tertiary/aromatic N) is 4. The molecule has 1 aliphatic carbocycles. The van der Waals surface area contributed by atoms with E-state index in [1.54, 1.807) is 0 Å². The van der Waals surface area contributed by atoms with Crippen LogP contribution >= 0.6 is 0 Å². The van der Waals surface area contributed by atoms with Crippen LogP contribution in [-0.2, 0) is 5.41 Å². The Morgan fingerprint density at radius 3 is 2.29 bits per heavy atom. The molecule has 2 heterocycles. The molecule has 0 bridgehead atoms. The number of fused-ring (bicyclic) bond motifs is 3. The molecular formula is C41H28N4. The van der Waals surface area contributed by atoms with Crippen molar-refractivity contribution in [3.63, 3.8) is 0 Å². The minimum Gasteiger partial charge on any atom is -0.310 e. The standard InChI is InChI=1S/C41H28N4/c1-41(2)34-12-6-9-27-15-16-28-23-32(24-35(41)39(28)38(27)34)44(31-10-5-8-26(22-31)25-42)29-17-19-30(20-18-29)45-36-13-4-3-11-33(36)40-37(45)14-7-21-43-40/h3-24H,1-2H3. The summed E-state index contributed by atoms with van der Waals surface area (Å²) in [6.45, 7) is 4.66. The van der Waals surface area contributed by atoms with Crippen LogP contribution in [0.2, 0.25) is 0 Å². The van der Waals surface area contributed by atoms with E-state index >= 15 is 0 Å². The van der Waals surface area contributed by atoms with Gasteiger partial charge in [-0.2, -0.15) is 5.26 Å². The van der Waals surface area contributed by atoms with Crippen molar-refractivity contribution < 1.29 is 0 Å². The predicted octanol–water partition coefficient (Wildman–Crippen LogP) is 10.5. The zero-order valence-electron chi connectivity index (χ0n) is 25.0. The van der Waals surface area contributed by atoms with Gasteiger partial charge in [0.1, 0.15) is 0 Å². The van der Waals surface area contributed by atoms with E-state index in [0.29, 0.717) is 5.56 Å². The predicted molar refractivity (Wildman–Crippen MR) is 185 cm³/mol. The highest BCUT2D eigenvalue weighted by atomic mass is 15.1. The van der Waals surface area contributed by atoms with Crippen LogP contribution in [0.5, 0.6) is 0 Å². The number of para-hydroxylation sites is 1. The molecule has 0 atom stereocenters. The molecule has 45 heavy (non-hydrogen) atoms. The van der Waals surface area contributed by atoms with Crippen molar-refractivity contribution in [2.75, 3.05) is 4.90 Å². The lowest BCUT2D eigenvalue weighted by Crippen LogP contribution is -2.17. The van der Waals surface area contributed by atoms with Gasteiger partial charge in [-0.1, -0.05) is 68.4 Å². The van der Waals surface area contributed by atoms with E-state index in [1.165, 1.54) is 32.7 Å². The van der Waals surface area contributed by atoms with E-state index in [9.17, 15) is 5.26 Å². The maximum Gasteiger partial charge on any atom is 0.0992 e. The Labute approximate surface area is 261 Å². The SMILES string of the molecule is CC1(C)c2cccc3ccc4cc(N(c5ccc(-n6c7ccccc7c7ncccc76)cc5)c5cccc(C#N)c5)cc1c4c23. The van der Waals surface area contributed by atoms with Crippen LogP contribution in [0.1, 0.15) is 30.5 Å². The van der Waals surface area contributed by atoms with Gasteiger partial charge < -0.3 is 9.47 Å². The van der Waals surface area contributed by atoms with Crippen LogP contribution in [0.3, 0.4) is 0 Å². The summed E-state index contributed by atoms with van der Waals surface area (Å²) in [6.07, 6.45) is 1.86. The summed E-state index contributed by atoms with van der Waals surface area (Å²) in [6, 6.07) is 47.3. The molecule has 1 aliphatic rings. The van der Waals surface area contributed by atoms with Gasteiger partial charge in [0.05, 0.1) is 28.2 Å². The molecule has 4 nitrogen and oxygen atoms in total. The van der Waals surface area contributed by atoms with E-state index in [1.807, 2.05) is 30.5 Å². The Balaban J connectivity index is 1.25. The van der Waals surface area contributed by atoms with Gasteiger partial charge in [0.15, 0.2) is 0 Å². The third-order valence-corrected chi connectivity index (χ3v) is 9.57. The summed E-state index contributed by atoms with van der Waals surface area (Å²) < 4.78 is 2.28. The fourth-order valence-corrected chi connectivity index (χ4v) is 7.49. The van der Waals surface area contributed by atoms with E-state index < -0.39 is 0 Å². The third-order valence-electron chi connectivity index (χ3n) is 9.57. The number of anilines is 3. The highest BCUT2D eigenvalue weighted by Gasteiger charge is 2.34. The van der Waals surface area contributed by atoms with Crippen LogP contribution < -0.4 is 4.90 Å². The summed E-state index contributed by atoms with van der Waals surface area (Å²) in [4.78, 5) is 6.99. The Kier molecular flexibility index (Phi) is 5.28. The first-order valence-electron chi connectivity index (χ1n) is 15.3. The van der Waals surface area contributed by atoms with Crippen LogP contribution in [0.15, 0.2) is 134 Å². The second-order valence-electron chi connectivity index (χ2n) is 12.4. The van der Waals surface area contributed by atoms with Gasteiger partial charge in [-0.3, -0.25) is 4.98 Å². The average molecular weight is 577 g/mol. The summed E-state index contributed by atoms with van der Waals surface area (Å²) >= 11 is 0. The molecule has 0 amide bonds. The second kappa shape index (κ2) is 9.29. The average Bonchev–Trinajstić information content (AvgIpc) is 3.54. The number of nitriles is 1. The first kappa shape index (κ1) is 25.6. The lowest BCUT2D eigenvalue weighted by molar-refractivity contribution is 0.663. The van der Waals surface area contributed by atoms with Crippen molar-refractivity contribution in [1.82, 2.24) is 9.55 Å². The summed E-state index contributed by atoms with van der Waals surface area (Å²) in [7, 11) is 0. The molecule has 0 saturated heterocycles. The van der Waals surface area contributed by atoms with E-state index in [4.69, 9.17) is 4.98 Å². The lowest BCUT2D eigenvalue weighted by atomic mass is 9.81. The minimum absolute atomic E-state index is 0.133. The Hall–Kier alpha value is -5.92. The molecule has 0 unspecified atom stereocenters. The first-order chi connectivity index (χ1) is 22.0. The zero-order valence-corrected chi connectivity index (χ0v) is 25.0. The Morgan fingerprint density at radius 2 is 1.42 bits per heavy atom. The largest absolute Gasteiger partial charge is 0.310 e. The number of hydrogen-bond acceptors (Lipinski definition) is 3. The molecule has 6 aromatic carbocycles. The van der Waals surface area contributed by atoms with E-state index in [-0.39, 0.29) is 5.41 Å². The monoisotopic (exact) mass is 576 g/mol. The maximum atomic E-state index is 9.80. The Morgan fingerprint density at radius 1 is 0.644 bits per heavy atom.